The molecule has 2 aliphatic heterocycles. The van der Waals surface area contributed by atoms with Crippen molar-refractivity contribution in [3.63, 3.8) is 0 Å². The molecule has 3 nitrogen and oxygen atoms in total. The van der Waals surface area contributed by atoms with E-state index in [0.29, 0.717) is 18.1 Å². The molecule has 3 unspecified atom stereocenters. The summed E-state index contributed by atoms with van der Waals surface area (Å²) in [5, 5.41) is 3.06. The van der Waals surface area contributed by atoms with Gasteiger partial charge >= 0.3 is 0 Å². The Hall–Kier alpha value is -0.570. The molecule has 0 aromatic carbocycles. The van der Waals surface area contributed by atoms with Gasteiger partial charge in [-0.3, -0.25) is 9.69 Å². The lowest BCUT2D eigenvalue weighted by molar-refractivity contribution is -0.119. The second-order valence-electron chi connectivity index (χ2n) is 5.13. The van der Waals surface area contributed by atoms with Crippen molar-refractivity contribution in [1.82, 2.24) is 10.2 Å². The summed E-state index contributed by atoms with van der Waals surface area (Å²) in [6.45, 7) is 5.67. The van der Waals surface area contributed by atoms with E-state index in [9.17, 15) is 4.79 Å². The standard InChI is InChI=1S/C12H22N2O/c1-9-4-3-5-10(2)14(9)8-11-6-7-12(15)13-11/h9-11H,3-8H2,1-2H3,(H,13,15). The van der Waals surface area contributed by atoms with E-state index in [2.05, 4.69) is 24.1 Å². The zero-order chi connectivity index (χ0) is 10.8. The average molecular weight is 210 g/mol. The molecule has 0 saturated carbocycles. The van der Waals surface area contributed by atoms with Gasteiger partial charge in [-0.25, -0.2) is 0 Å². The van der Waals surface area contributed by atoms with Gasteiger partial charge in [-0.05, 0) is 33.1 Å². The van der Waals surface area contributed by atoms with Crippen molar-refractivity contribution in [3.8, 4) is 0 Å². The van der Waals surface area contributed by atoms with E-state index < -0.39 is 0 Å². The molecule has 15 heavy (non-hydrogen) atoms. The molecule has 1 amide bonds. The summed E-state index contributed by atoms with van der Waals surface area (Å²) >= 11 is 0. The quantitative estimate of drug-likeness (QED) is 0.749. The molecule has 0 aromatic heterocycles. The number of amides is 1. The Kier molecular flexibility index (Phi) is 3.29. The normalized spacial score (nSPS) is 38.0. The molecule has 2 heterocycles. The second-order valence-corrected chi connectivity index (χ2v) is 5.13. The van der Waals surface area contributed by atoms with Crippen molar-refractivity contribution >= 4 is 5.91 Å². The summed E-state index contributed by atoms with van der Waals surface area (Å²) in [4.78, 5) is 13.7. The number of rotatable bonds is 2. The number of nitrogens with zero attached hydrogens (tertiary/aromatic N) is 1. The van der Waals surface area contributed by atoms with Crippen LogP contribution >= 0.6 is 0 Å². The molecule has 0 radical (unpaired) electrons. The van der Waals surface area contributed by atoms with Gasteiger partial charge in [0.15, 0.2) is 0 Å². The molecule has 86 valence electrons. The third-order valence-corrected chi connectivity index (χ3v) is 3.89. The molecule has 2 aliphatic rings. The molecule has 2 fully saturated rings. The minimum atomic E-state index is 0.234. The Morgan fingerprint density at radius 2 is 1.93 bits per heavy atom. The maximum absolute atomic E-state index is 11.1. The number of carbonyl (C=O) groups is 1. The molecule has 3 heteroatoms. The van der Waals surface area contributed by atoms with Gasteiger partial charge < -0.3 is 5.32 Å². The van der Waals surface area contributed by atoms with E-state index in [0.717, 1.165) is 19.4 Å². The van der Waals surface area contributed by atoms with E-state index in [1.54, 1.807) is 0 Å². The lowest BCUT2D eigenvalue weighted by Crippen LogP contribution is -2.49. The second kappa shape index (κ2) is 4.52. The van der Waals surface area contributed by atoms with Gasteiger partial charge in [0.25, 0.3) is 0 Å². The molecule has 0 spiro atoms. The Morgan fingerprint density at radius 3 is 2.47 bits per heavy atom. The fourth-order valence-electron chi connectivity index (χ4n) is 2.90. The first kappa shape index (κ1) is 10.9. The third kappa shape index (κ3) is 2.51. The first-order valence-electron chi connectivity index (χ1n) is 6.22. The summed E-state index contributed by atoms with van der Waals surface area (Å²) < 4.78 is 0. The minimum Gasteiger partial charge on any atom is -0.352 e. The first-order valence-corrected chi connectivity index (χ1v) is 6.22. The highest BCUT2D eigenvalue weighted by atomic mass is 16.1. The van der Waals surface area contributed by atoms with Crippen molar-refractivity contribution in [2.24, 2.45) is 0 Å². The molecule has 0 aromatic rings. The fraction of sp³-hybridized carbons (Fsp3) is 0.917. The van der Waals surface area contributed by atoms with Gasteiger partial charge in [0.1, 0.15) is 0 Å². The smallest absolute Gasteiger partial charge is 0.220 e. The molecule has 2 rings (SSSR count). The zero-order valence-corrected chi connectivity index (χ0v) is 9.83. The Bertz CT molecular complexity index is 232. The molecular weight excluding hydrogens is 188 g/mol. The van der Waals surface area contributed by atoms with Crippen molar-refractivity contribution in [2.75, 3.05) is 6.54 Å². The van der Waals surface area contributed by atoms with Gasteiger partial charge in [0, 0.05) is 31.1 Å². The highest BCUT2D eigenvalue weighted by molar-refractivity contribution is 5.78. The Morgan fingerprint density at radius 1 is 1.27 bits per heavy atom. The van der Waals surface area contributed by atoms with Crippen LogP contribution in [0.4, 0.5) is 0 Å². The molecule has 1 N–H and O–H groups in total. The number of hydrogen-bond donors (Lipinski definition) is 1. The van der Waals surface area contributed by atoms with E-state index in [-0.39, 0.29) is 5.91 Å². The van der Waals surface area contributed by atoms with Crippen LogP contribution in [0.2, 0.25) is 0 Å². The molecular formula is C12H22N2O. The van der Waals surface area contributed by atoms with E-state index >= 15 is 0 Å². The van der Waals surface area contributed by atoms with Gasteiger partial charge in [-0.15, -0.1) is 0 Å². The third-order valence-electron chi connectivity index (χ3n) is 3.89. The van der Waals surface area contributed by atoms with Crippen LogP contribution in [-0.2, 0) is 4.79 Å². The highest BCUT2D eigenvalue weighted by Crippen LogP contribution is 2.23. The SMILES string of the molecule is CC1CCCC(C)N1CC1CCC(=O)N1. The van der Waals surface area contributed by atoms with Crippen molar-refractivity contribution < 1.29 is 4.79 Å². The largest absolute Gasteiger partial charge is 0.352 e. The summed E-state index contributed by atoms with van der Waals surface area (Å²) in [7, 11) is 0. The van der Waals surface area contributed by atoms with E-state index in [1.807, 2.05) is 0 Å². The topological polar surface area (TPSA) is 32.3 Å². The molecule has 0 bridgehead atoms. The maximum atomic E-state index is 11.1. The number of hydrogen-bond acceptors (Lipinski definition) is 2. The average Bonchev–Trinajstić information content (AvgIpc) is 2.58. The van der Waals surface area contributed by atoms with Crippen LogP contribution in [0.3, 0.4) is 0 Å². The van der Waals surface area contributed by atoms with Crippen LogP contribution in [0, 0.1) is 0 Å². The van der Waals surface area contributed by atoms with Gasteiger partial charge in [0.2, 0.25) is 5.91 Å². The molecule has 2 saturated heterocycles. The summed E-state index contributed by atoms with van der Waals surface area (Å²) in [5.74, 6) is 0.234. The predicted molar refractivity (Wildman–Crippen MR) is 60.6 cm³/mol. The Balaban J connectivity index is 1.88. The van der Waals surface area contributed by atoms with Gasteiger partial charge in [-0.1, -0.05) is 6.42 Å². The highest BCUT2D eigenvalue weighted by Gasteiger charge is 2.29. The number of nitrogens with one attached hydrogen (secondary N) is 1. The zero-order valence-electron chi connectivity index (χ0n) is 9.83. The van der Waals surface area contributed by atoms with Gasteiger partial charge in [0.05, 0.1) is 0 Å². The first-order chi connectivity index (χ1) is 7.16. The number of piperidine rings is 1. The number of likely N-dealkylation sites (tertiary alicyclic amines) is 1. The van der Waals surface area contributed by atoms with Crippen LogP contribution in [0.15, 0.2) is 0 Å². The van der Waals surface area contributed by atoms with Crippen molar-refractivity contribution in [3.05, 3.63) is 0 Å². The Labute approximate surface area is 92.2 Å². The summed E-state index contributed by atoms with van der Waals surface area (Å²) in [6, 6.07) is 1.78. The maximum Gasteiger partial charge on any atom is 0.220 e. The van der Waals surface area contributed by atoms with Crippen molar-refractivity contribution in [1.29, 1.82) is 0 Å². The van der Waals surface area contributed by atoms with Crippen LogP contribution in [0.5, 0.6) is 0 Å². The monoisotopic (exact) mass is 210 g/mol. The fourth-order valence-corrected chi connectivity index (χ4v) is 2.90. The predicted octanol–water partition coefficient (Wildman–Crippen LogP) is 1.53. The van der Waals surface area contributed by atoms with E-state index in [4.69, 9.17) is 0 Å². The van der Waals surface area contributed by atoms with Crippen LogP contribution in [0.1, 0.15) is 46.0 Å². The van der Waals surface area contributed by atoms with Gasteiger partial charge in [-0.2, -0.15) is 0 Å². The van der Waals surface area contributed by atoms with Crippen LogP contribution < -0.4 is 5.32 Å². The lowest BCUT2D eigenvalue weighted by atomic mass is 9.96. The van der Waals surface area contributed by atoms with Crippen LogP contribution in [-0.4, -0.2) is 35.5 Å². The molecule has 3 atom stereocenters. The lowest BCUT2D eigenvalue weighted by Gasteiger charge is -2.40. The summed E-state index contributed by atoms with van der Waals surface area (Å²) in [6.07, 6.45) is 5.72. The number of carbonyl (C=O) groups excluding carboxylic acids is 1. The van der Waals surface area contributed by atoms with E-state index in [1.165, 1.54) is 19.3 Å². The molecule has 0 aliphatic carbocycles. The van der Waals surface area contributed by atoms with Crippen molar-refractivity contribution in [2.45, 2.75) is 64.1 Å². The minimum absolute atomic E-state index is 0.234. The summed E-state index contributed by atoms with van der Waals surface area (Å²) in [5.41, 5.74) is 0. The van der Waals surface area contributed by atoms with Crippen LogP contribution in [0.25, 0.3) is 0 Å².